The quantitative estimate of drug-likeness (QED) is 0.510. The fourth-order valence-corrected chi connectivity index (χ4v) is 0. The highest BCUT2D eigenvalue weighted by Gasteiger charge is 1.77. The first-order valence-electron chi connectivity index (χ1n) is 1.19. The first kappa shape index (κ1) is 12.1. The molecule has 7 heavy (non-hydrogen) atoms. The molecule has 0 bridgehead atoms. The lowest BCUT2D eigenvalue weighted by Gasteiger charge is -1.70. The van der Waals surface area contributed by atoms with Crippen LogP contribution in [0.1, 0.15) is 0 Å². The van der Waals surface area contributed by atoms with Gasteiger partial charge in [-0.2, -0.15) is 0 Å². The minimum Gasteiger partial charge on any atom is -0.0802 e. The van der Waals surface area contributed by atoms with Crippen molar-refractivity contribution >= 4 is 79.6 Å². The monoisotopic (exact) mass is 422 g/mol. The Morgan fingerprint density at radius 2 is 1.00 bits per heavy atom. The molecule has 0 aliphatic rings. The van der Waals surface area contributed by atoms with Gasteiger partial charge in [0, 0.05) is 0 Å². The maximum Gasteiger partial charge on any atom is 0.124 e. The van der Waals surface area contributed by atoms with Crippen molar-refractivity contribution in [1.29, 1.82) is 0 Å². The maximum absolute atomic E-state index is 3.10. The van der Waals surface area contributed by atoms with Gasteiger partial charge in [0.1, 0.15) is 2.65 Å². The molecule has 0 N–H and O–H groups in total. The van der Waals surface area contributed by atoms with Crippen molar-refractivity contribution in [3.63, 3.8) is 0 Å². The summed E-state index contributed by atoms with van der Waals surface area (Å²) in [6.07, 6.45) is 0. The minimum atomic E-state index is 0.271. The molecule has 0 rings (SSSR count). The molecule has 0 unspecified atom stereocenters. The van der Waals surface area contributed by atoms with Gasteiger partial charge in [0.15, 0.2) is 0 Å². The molecular formula is C2H3Br5. The van der Waals surface area contributed by atoms with Crippen LogP contribution < -0.4 is 0 Å². The summed E-state index contributed by atoms with van der Waals surface area (Å²) in [6.45, 7) is 0. The van der Waals surface area contributed by atoms with E-state index in [9.17, 15) is 0 Å². The first-order chi connectivity index (χ1) is 3.15. The Morgan fingerprint density at radius 1 is 1.00 bits per heavy atom. The summed E-state index contributed by atoms with van der Waals surface area (Å²) in [5.74, 6) is 0. The maximum atomic E-state index is 3.10. The molecule has 46 valence electrons. The number of alkyl halides is 5. The van der Waals surface area contributed by atoms with E-state index in [4.69, 9.17) is 0 Å². The van der Waals surface area contributed by atoms with Crippen LogP contribution in [0.2, 0.25) is 0 Å². The van der Waals surface area contributed by atoms with E-state index in [0.29, 0.717) is 0 Å². The van der Waals surface area contributed by atoms with Crippen LogP contribution in [0.5, 0.6) is 0 Å². The van der Waals surface area contributed by atoms with Gasteiger partial charge in [-0.25, -0.2) is 0 Å². The summed E-state index contributed by atoms with van der Waals surface area (Å²) in [5.41, 5.74) is 0. The number of hydrogen-bond donors (Lipinski definition) is 0. The molecule has 0 amide bonds. The second-order valence-corrected chi connectivity index (χ2v) is 9.41. The standard InChI is InChI=1S/CHBr3.CH2Br2/c2-1(3)4;2-1-3/h1H;1H2. The molecule has 0 saturated carbocycles. The van der Waals surface area contributed by atoms with Crippen molar-refractivity contribution in [1.82, 2.24) is 0 Å². The lowest BCUT2D eigenvalue weighted by Crippen LogP contribution is -1.49. The highest BCUT2D eigenvalue weighted by atomic mass is 80.0. The molecule has 0 heterocycles. The van der Waals surface area contributed by atoms with Gasteiger partial charge in [-0.1, -0.05) is 79.6 Å². The van der Waals surface area contributed by atoms with E-state index in [1.54, 1.807) is 0 Å². The molecule has 5 heteroatoms. The van der Waals surface area contributed by atoms with E-state index in [-0.39, 0.29) is 2.65 Å². The smallest absolute Gasteiger partial charge is 0.0802 e. The van der Waals surface area contributed by atoms with Gasteiger partial charge in [0.05, 0.1) is 4.24 Å². The van der Waals surface area contributed by atoms with E-state index in [0.717, 1.165) is 4.24 Å². The van der Waals surface area contributed by atoms with Crippen LogP contribution in [0.4, 0.5) is 0 Å². The molecule has 0 aromatic rings. The Balaban J connectivity index is 0. The predicted octanol–water partition coefficient (Wildman–Crippen LogP) is 4.19. The van der Waals surface area contributed by atoms with E-state index < -0.39 is 0 Å². The molecule has 0 saturated heterocycles. The second-order valence-electron chi connectivity index (χ2n) is 0.348. The Kier molecular flexibility index (Phi) is 19.4. The van der Waals surface area contributed by atoms with Gasteiger partial charge in [0.25, 0.3) is 0 Å². The fraction of sp³-hybridized carbons (Fsp3) is 1.00. The van der Waals surface area contributed by atoms with Crippen molar-refractivity contribution in [2.24, 2.45) is 0 Å². The van der Waals surface area contributed by atoms with Gasteiger partial charge in [-0.05, 0) is 0 Å². The molecule has 0 atom stereocenters. The van der Waals surface area contributed by atoms with E-state index in [2.05, 4.69) is 79.6 Å². The molecule has 0 spiro atoms. The largest absolute Gasteiger partial charge is 0.124 e. The number of hydrogen-bond acceptors (Lipinski definition) is 0. The van der Waals surface area contributed by atoms with Gasteiger partial charge in [-0.3, -0.25) is 0 Å². The zero-order chi connectivity index (χ0) is 6.28. The summed E-state index contributed by atoms with van der Waals surface area (Å²) in [4.78, 5) is 0. The van der Waals surface area contributed by atoms with Crippen molar-refractivity contribution in [3.8, 4) is 0 Å². The summed E-state index contributed by atoms with van der Waals surface area (Å²) < 4.78 is 1.15. The average Bonchev–Trinajstić information content (AvgIpc) is 1.33. The van der Waals surface area contributed by atoms with Crippen LogP contribution in [-0.4, -0.2) is 6.89 Å². The zero-order valence-electron chi connectivity index (χ0n) is 3.17. The van der Waals surface area contributed by atoms with Crippen molar-refractivity contribution in [3.05, 3.63) is 0 Å². The fourth-order valence-electron chi connectivity index (χ4n) is 0. The molecule has 0 nitrogen and oxygen atoms in total. The highest BCUT2D eigenvalue weighted by molar-refractivity contribution is 9.38. The molecule has 0 aromatic heterocycles. The van der Waals surface area contributed by atoms with Crippen LogP contribution in [0.3, 0.4) is 0 Å². The van der Waals surface area contributed by atoms with E-state index in [1.807, 2.05) is 0 Å². The Morgan fingerprint density at radius 3 is 1.00 bits per heavy atom. The predicted molar refractivity (Wildman–Crippen MR) is 53.3 cm³/mol. The third-order valence-corrected chi connectivity index (χ3v) is 0. The van der Waals surface area contributed by atoms with Gasteiger partial charge >= 0.3 is 0 Å². The van der Waals surface area contributed by atoms with Crippen LogP contribution in [0.25, 0.3) is 0 Å². The highest BCUT2D eigenvalue weighted by Crippen LogP contribution is 2.13. The van der Waals surface area contributed by atoms with Crippen molar-refractivity contribution in [2.45, 2.75) is 2.65 Å². The number of rotatable bonds is 0. The van der Waals surface area contributed by atoms with Crippen LogP contribution in [0, 0.1) is 0 Å². The minimum absolute atomic E-state index is 0.271. The lowest BCUT2D eigenvalue weighted by atomic mass is 12.0. The SMILES string of the molecule is BrC(Br)Br.BrCBr. The summed E-state index contributed by atoms with van der Waals surface area (Å²) in [5, 5.41) is 0. The third kappa shape index (κ3) is 59.7. The first-order valence-corrected chi connectivity index (χ1v) is 6.18. The molecule has 0 aliphatic carbocycles. The van der Waals surface area contributed by atoms with Gasteiger partial charge in [-0.15, -0.1) is 0 Å². The van der Waals surface area contributed by atoms with E-state index in [1.165, 1.54) is 0 Å². The molecule has 0 radical (unpaired) electrons. The summed E-state index contributed by atoms with van der Waals surface area (Å²) in [7, 11) is 0. The molecular weight excluding hydrogens is 424 g/mol. The second kappa shape index (κ2) is 11.2. The molecule has 0 aliphatic heterocycles. The Bertz CT molecular complexity index is 17.3. The molecule has 0 aromatic carbocycles. The van der Waals surface area contributed by atoms with Gasteiger partial charge in [0.2, 0.25) is 0 Å². The number of halogens is 5. The Hall–Kier alpha value is 2.40. The zero-order valence-corrected chi connectivity index (χ0v) is 11.1. The van der Waals surface area contributed by atoms with Crippen molar-refractivity contribution in [2.75, 3.05) is 4.24 Å². The van der Waals surface area contributed by atoms with Crippen LogP contribution >= 0.6 is 79.6 Å². The third-order valence-electron chi connectivity index (χ3n) is 0. The average molecular weight is 427 g/mol. The van der Waals surface area contributed by atoms with Crippen molar-refractivity contribution < 1.29 is 0 Å². The topological polar surface area (TPSA) is 0 Å². The molecule has 0 fully saturated rings. The van der Waals surface area contributed by atoms with Gasteiger partial charge < -0.3 is 0 Å². The normalized spacial score (nSPS) is 7.71. The Labute approximate surface area is 85.4 Å². The summed E-state index contributed by atoms with van der Waals surface area (Å²) in [6, 6.07) is 0. The van der Waals surface area contributed by atoms with Crippen LogP contribution in [-0.2, 0) is 0 Å². The lowest BCUT2D eigenvalue weighted by molar-refractivity contribution is 2.28. The van der Waals surface area contributed by atoms with Crippen LogP contribution in [0.15, 0.2) is 0 Å². The summed E-state index contributed by atoms with van der Waals surface area (Å²) >= 11 is 15.4. The van der Waals surface area contributed by atoms with E-state index >= 15 is 0 Å².